The SMILES string of the molecule is Nc1nc(Cl)nc2c1ncn2C1OC(CNC(=O)CP(=O)(O)O)C(O)C1O. The molecule has 148 valence electrons. The number of rotatable bonds is 5. The van der Waals surface area contributed by atoms with E-state index in [9.17, 15) is 19.6 Å². The van der Waals surface area contributed by atoms with Crippen LogP contribution >= 0.6 is 19.2 Å². The summed E-state index contributed by atoms with van der Waals surface area (Å²) in [7, 11) is -4.51. The first kappa shape index (κ1) is 19.9. The van der Waals surface area contributed by atoms with Crippen molar-refractivity contribution in [2.45, 2.75) is 24.5 Å². The number of anilines is 1. The minimum atomic E-state index is -4.51. The van der Waals surface area contributed by atoms with Crippen LogP contribution in [0, 0.1) is 0 Å². The van der Waals surface area contributed by atoms with Gasteiger partial charge in [0.2, 0.25) is 11.2 Å². The Morgan fingerprint density at radius 2 is 2.07 bits per heavy atom. The van der Waals surface area contributed by atoms with E-state index in [4.69, 9.17) is 31.9 Å². The van der Waals surface area contributed by atoms with Crippen molar-refractivity contribution < 1.29 is 34.1 Å². The molecule has 1 saturated heterocycles. The molecule has 0 bridgehead atoms. The molecule has 0 aliphatic carbocycles. The van der Waals surface area contributed by atoms with Gasteiger partial charge in [-0.15, -0.1) is 0 Å². The molecular weight excluding hydrogens is 407 g/mol. The number of carbonyl (C=O) groups is 1. The number of nitrogens with zero attached hydrogens (tertiary/aromatic N) is 4. The van der Waals surface area contributed by atoms with Gasteiger partial charge in [0.1, 0.15) is 30.0 Å². The topological polar surface area (TPSA) is 206 Å². The Kier molecular flexibility index (Phi) is 5.36. The molecule has 27 heavy (non-hydrogen) atoms. The largest absolute Gasteiger partial charge is 0.387 e. The summed E-state index contributed by atoms with van der Waals surface area (Å²) < 4.78 is 17.7. The second kappa shape index (κ2) is 7.28. The zero-order valence-corrected chi connectivity index (χ0v) is 15.2. The lowest BCUT2D eigenvalue weighted by atomic mass is 10.1. The molecule has 1 aliphatic rings. The highest BCUT2D eigenvalue weighted by atomic mass is 35.5. The highest BCUT2D eigenvalue weighted by Gasteiger charge is 2.44. The van der Waals surface area contributed by atoms with E-state index in [0.717, 1.165) is 0 Å². The molecule has 1 aliphatic heterocycles. The number of amides is 1. The van der Waals surface area contributed by atoms with Crippen molar-refractivity contribution in [3.63, 3.8) is 0 Å². The number of fused-ring (bicyclic) bond motifs is 1. The Labute approximate surface area is 156 Å². The summed E-state index contributed by atoms with van der Waals surface area (Å²) in [6, 6.07) is 0. The Morgan fingerprint density at radius 1 is 1.37 bits per heavy atom. The van der Waals surface area contributed by atoms with Crippen LogP contribution < -0.4 is 11.1 Å². The Morgan fingerprint density at radius 3 is 2.74 bits per heavy atom. The molecule has 1 amide bonds. The predicted molar refractivity (Wildman–Crippen MR) is 90.6 cm³/mol. The molecule has 0 spiro atoms. The smallest absolute Gasteiger partial charge is 0.334 e. The molecule has 7 N–H and O–H groups in total. The number of hydrogen-bond donors (Lipinski definition) is 6. The summed E-state index contributed by atoms with van der Waals surface area (Å²) in [6.07, 6.45) is -4.67. The third kappa shape index (κ3) is 4.19. The number of nitrogens with one attached hydrogen (secondary N) is 1. The Balaban J connectivity index is 1.76. The molecular formula is C12H16ClN6O7P. The molecule has 4 atom stereocenters. The van der Waals surface area contributed by atoms with Gasteiger partial charge in [0.15, 0.2) is 17.7 Å². The highest BCUT2D eigenvalue weighted by Crippen LogP contribution is 2.34. The van der Waals surface area contributed by atoms with E-state index in [1.54, 1.807) is 0 Å². The second-order valence-corrected chi connectivity index (χ2v) is 7.86. The number of aromatic nitrogens is 4. The van der Waals surface area contributed by atoms with E-state index in [-0.39, 0.29) is 28.8 Å². The predicted octanol–water partition coefficient (Wildman–Crippen LogP) is -2.02. The fourth-order valence-corrected chi connectivity index (χ4v) is 3.34. The fourth-order valence-electron chi connectivity index (χ4n) is 2.68. The summed E-state index contributed by atoms with van der Waals surface area (Å²) in [6.45, 7) is -0.280. The van der Waals surface area contributed by atoms with E-state index >= 15 is 0 Å². The van der Waals surface area contributed by atoms with Gasteiger partial charge in [-0.3, -0.25) is 13.9 Å². The number of nitrogen functional groups attached to an aromatic ring is 1. The lowest BCUT2D eigenvalue weighted by molar-refractivity contribution is -0.119. The summed E-state index contributed by atoms with van der Waals surface area (Å²) in [5, 5.41) is 22.5. The first-order valence-electron chi connectivity index (χ1n) is 7.55. The molecule has 15 heteroatoms. The number of imidazole rings is 1. The van der Waals surface area contributed by atoms with Crippen LogP contribution in [-0.4, -0.2) is 76.4 Å². The zero-order chi connectivity index (χ0) is 19.9. The number of hydrogen-bond acceptors (Lipinski definition) is 9. The van der Waals surface area contributed by atoms with Crippen molar-refractivity contribution in [3.05, 3.63) is 11.6 Å². The Hall–Kier alpha value is -1.86. The molecule has 3 rings (SSSR count). The van der Waals surface area contributed by atoms with Crippen LogP contribution in [0.15, 0.2) is 6.33 Å². The molecule has 3 heterocycles. The highest BCUT2D eigenvalue weighted by molar-refractivity contribution is 7.52. The molecule has 2 aromatic rings. The normalized spacial score (nSPS) is 25.8. The maximum atomic E-state index is 11.5. The van der Waals surface area contributed by atoms with Crippen molar-refractivity contribution in [3.8, 4) is 0 Å². The first-order chi connectivity index (χ1) is 12.6. The Bertz CT molecular complexity index is 919. The van der Waals surface area contributed by atoms with Crippen LogP contribution in [0.2, 0.25) is 5.28 Å². The van der Waals surface area contributed by atoms with E-state index in [1.807, 2.05) is 0 Å². The van der Waals surface area contributed by atoms with Crippen molar-refractivity contribution in [2.24, 2.45) is 0 Å². The number of halogens is 1. The van der Waals surface area contributed by atoms with Crippen LogP contribution in [0.1, 0.15) is 6.23 Å². The fraction of sp³-hybridized carbons (Fsp3) is 0.500. The van der Waals surface area contributed by atoms with Gasteiger partial charge in [-0.25, -0.2) is 4.98 Å². The molecule has 0 saturated carbocycles. The molecule has 0 aromatic carbocycles. The van der Waals surface area contributed by atoms with Gasteiger partial charge in [0.25, 0.3) is 0 Å². The number of aliphatic hydroxyl groups excluding tert-OH is 2. The number of aliphatic hydroxyl groups is 2. The van der Waals surface area contributed by atoms with Crippen molar-refractivity contribution in [2.75, 3.05) is 18.4 Å². The first-order valence-corrected chi connectivity index (χ1v) is 9.73. The number of carbonyl (C=O) groups excluding carboxylic acids is 1. The summed E-state index contributed by atoms with van der Waals surface area (Å²) in [4.78, 5) is 40.8. The van der Waals surface area contributed by atoms with Crippen LogP contribution in [0.4, 0.5) is 5.82 Å². The van der Waals surface area contributed by atoms with Crippen LogP contribution in [0.5, 0.6) is 0 Å². The quantitative estimate of drug-likeness (QED) is 0.229. The van der Waals surface area contributed by atoms with E-state index in [2.05, 4.69) is 20.3 Å². The van der Waals surface area contributed by atoms with Crippen LogP contribution in [0.25, 0.3) is 11.2 Å². The zero-order valence-electron chi connectivity index (χ0n) is 13.5. The lowest BCUT2D eigenvalue weighted by Crippen LogP contribution is -2.40. The third-order valence-corrected chi connectivity index (χ3v) is 4.75. The average molecular weight is 423 g/mol. The van der Waals surface area contributed by atoms with Gasteiger partial charge in [-0.2, -0.15) is 9.97 Å². The number of ether oxygens (including phenoxy) is 1. The standard InChI is InChI=1S/C12H16ClN6O7P/c13-12-17-9(14)6-10(18-12)19(3-16-6)11-8(22)7(21)4(26-11)1-15-5(20)2-27(23,24)25/h3-4,7-8,11,21-22H,1-2H2,(H,15,20)(H2,14,17,18)(H2,23,24,25). The minimum absolute atomic E-state index is 0.0260. The molecule has 2 aromatic heterocycles. The van der Waals surface area contributed by atoms with E-state index in [1.165, 1.54) is 10.9 Å². The number of nitrogens with two attached hydrogens (primary N) is 1. The van der Waals surface area contributed by atoms with Crippen molar-refractivity contribution in [1.82, 2.24) is 24.8 Å². The minimum Gasteiger partial charge on any atom is -0.387 e. The van der Waals surface area contributed by atoms with Crippen molar-refractivity contribution in [1.29, 1.82) is 0 Å². The average Bonchev–Trinajstić information content (AvgIpc) is 3.07. The van der Waals surface area contributed by atoms with Gasteiger partial charge in [0, 0.05) is 6.54 Å². The van der Waals surface area contributed by atoms with Gasteiger partial charge in [0.05, 0.1) is 6.33 Å². The second-order valence-electron chi connectivity index (χ2n) is 5.88. The van der Waals surface area contributed by atoms with Gasteiger partial charge >= 0.3 is 7.60 Å². The molecule has 13 nitrogen and oxygen atoms in total. The van der Waals surface area contributed by atoms with E-state index in [0.29, 0.717) is 0 Å². The molecule has 1 fully saturated rings. The van der Waals surface area contributed by atoms with Gasteiger partial charge < -0.3 is 35.8 Å². The maximum absolute atomic E-state index is 11.5. The van der Waals surface area contributed by atoms with Crippen LogP contribution in [-0.2, 0) is 14.1 Å². The molecule has 4 unspecified atom stereocenters. The summed E-state index contributed by atoms with van der Waals surface area (Å²) in [5.41, 5.74) is 6.12. The summed E-state index contributed by atoms with van der Waals surface area (Å²) in [5.74, 6) is -0.893. The third-order valence-electron chi connectivity index (χ3n) is 3.88. The van der Waals surface area contributed by atoms with Gasteiger partial charge in [-0.1, -0.05) is 0 Å². The summed E-state index contributed by atoms with van der Waals surface area (Å²) >= 11 is 5.78. The van der Waals surface area contributed by atoms with Gasteiger partial charge in [-0.05, 0) is 11.6 Å². The van der Waals surface area contributed by atoms with Crippen LogP contribution in [0.3, 0.4) is 0 Å². The van der Waals surface area contributed by atoms with Crippen molar-refractivity contribution >= 4 is 42.1 Å². The maximum Gasteiger partial charge on any atom is 0.334 e. The molecule has 0 radical (unpaired) electrons. The lowest BCUT2D eigenvalue weighted by Gasteiger charge is -2.16. The monoisotopic (exact) mass is 422 g/mol. The van der Waals surface area contributed by atoms with E-state index < -0.39 is 44.2 Å².